The molecule has 0 saturated carbocycles. The van der Waals surface area contributed by atoms with Crippen molar-refractivity contribution in [3.8, 4) is 11.9 Å². The van der Waals surface area contributed by atoms with Crippen LogP contribution in [0.3, 0.4) is 0 Å². The topological polar surface area (TPSA) is 121 Å². The van der Waals surface area contributed by atoms with E-state index >= 15 is 0 Å². The minimum Gasteiger partial charge on any atom is -0.305 e. The maximum atomic E-state index is 13.2. The predicted molar refractivity (Wildman–Crippen MR) is 139 cm³/mol. The molecule has 0 unspecified atom stereocenters. The first-order valence-electron chi connectivity index (χ1n) is 11.7. The van der Waals surface area contributed by atoms with Crippen molar-refractivity contribution in [3.05, 3.63) is 119 Å². The fraction of sp³-hybridized carbons (Fsp3) is 0.0345. The molecule has 3 aromatic carbocycles. The van der Waals surface area contributed by atoms with Crippen LogP contribution >= 0.6 is 0 Å². The van der Waals surface area contributed by atoms with E-state index in [1.807, 2.05) is 66.7 Å². The van der Waals surface area contributed by atoms with Gasteiger partial charge in [0.1, 0.15) is 11.6 Å². The Bertz CT molecular complexity index is 1800. The van der Waals surface area contributed by atoms with Crippen molar-refractivity contribution in [2.45, 2.75) is 6.54 Å². The Morgan fingerprint density at radius 2 is 1.66 bits per heavy atom. The standard InChI is InChI=1S/C29H18N6O3/c30-15-21-16-31-35(25-13-11-19-8-4-5-9-24(19)32-25)26(21)33-27(36)20-10-12-22-23(14-20)29(38)34(28(22)37)17-18-6-2-1-3-7-18/h1-14,16H,17H2,(H,33,36). The second-order valence-electron chi connectivity index (χ2n) is 8.69. The van der Waals surface area contributed by atoms with Crippen LogP contribution in [0.25, 0.3) is 16.7 Å². The second kappa shape index (κ2) is 9.11. The highest BCUT2D eigenvalue weighted by Gasteiger charge is 2.36. The summed E-state index contributed by atoms with van der Waals surface area (Å²) in [5.74, 6) is -0.867. The number of imide groups is 1. The maximum absolute atomic E-state index is 13.2. The summed E-state index contributed by atoms with van der Waals surface area (Å²) in [6, 6.07) is 26.8. The number of nitrogens with zero attached hydrogens (tertiary/aromatic N) is 5. The molecule has 0 atom stereocenters. The van der Waals surface area contributed by atoms with Gasteiger partial charge < -0.3 is 5.32 Å². The van der Waals surface area contributed by atoms with Crippen LogP contribution in [0.1, 0.15) is 42.2 Å². The Morgan fingerprint density at radius 3 is 2.47 bits per heavy atom. The fourth-order valence-corrected chi connectivity index (χ4v) is 4.42. The van der Waals surface area contributed by atoms with Crippen LogP contribution in [0.5, 0.6) is 0 Å². The molecule has 0 fully saturated rings. The number of pyridine rings is 1. The molecular formula is C29H18N6O3. The lowest BCUT2D eigenvalue weighted by Gasteiger charge is -2.13. The summed E-state index contributed by atoms with van der Waals surface area (Å²) in [6.07, 6.45) is 1.35. The van der Waals surface area contributed by atoms with E-state index in [1.54, 1.807) is 6.07 Å². The molecule has 6 rings (SSSR count). The van der Waals surface area contributed by atoms with Gasteiger partial charge in [0.05, 0.1) is 29.4 Å². The van der Waals surface area contributed by atoms with Crippen molar-refractivity contribution in [2.24, 2.45) is 0 Å². The highest BCUT2D eigenvalue weighted by molar-refractivity contribution is 6.22. The molecule has 38 heavy (non-hydrogen) atoms. The molecule has 1 aliphatic rings. The summed E-state index contributed by atoms with van der Waals surface area (Å²) in [5, 5.41) is 17.5. The lowest BCUT2D eigenvalue weighted by Crippen LogP contribution is -2.29. The molecule has 5 aromatic rings. The maximum Gasteiger partial charge on any atom is 0.261 e. The van der Waals surface area contributed by atoms with Crippen molar-refractivity contribution >= 4 is 34.4 Å². The number of hydrogen-bond acceptors (Lipinski definition) is 6. The highest BCUT2D eigenvalue weighted by atomic mass is 16.2. The number of nitrogens with one attached hydrogen (secondary N) is 1. The zero-order chi connectivity index (χ0) is 26.2. The molecular weight excluding hydrogens is 480 g/mol. The van der Waals surface area contributed by atoms with Gasteiger partial charge in [-0.1, -0.05) is 48.5 Å². The number of fused-ring (bicyclic) bond motifs is 2. The van der Waals surface area contributed by atoms with Gasteiger partial charge in [0.15, 0.2) is 11.6 Å². The van der Waals surface area contributed by atoms with E-state index in [2.05, 4.69) is 15.4 Å². The number of nitriles is 1. The van der Waals surface area contributed by atoms with Gasteiger partial charge in [0.2, 0.25) is 0 Å². The summed E-state index contributed by atoms with van der Waals surface area (Å²) < 4.78 is 1.38. The number of anilines is 1. The zero-order valence-electron chi connectivity index (χ0n) is 19.8. The number of amides is 3. The summed E-state index contributed by atoms with van der Waals surface area (Å²) in [6.45, 7) is 0.137. The van der Waals surface area contributed by atoms with E-state index in [1.165, 1.54) is 29.1 Å². The number of benzene rings is 3. The molecule has 3 heterocycles. The van der Waals surface area contributed by atoms with Crippen molar-refractivity contribution in [3.63, 3.8) is 0 Å². The minimum absolute atomic E-state index is 0.137. The van der Waals surface area contributed by atoms with Gasteiger partial charge in [0.25, 0.3) is 17.7 Å². The summed E-state index contributed by atoms with van der Waals surface area (Å²) in [4.78, 5) is 44.9. The number of aromatic nitrogens is 3. The Labute approximate surface area is 216 Å². The van der Waals surface area contributed by atoms with Gasteiger partial charge in [-0.2, -0.15) is 15.0 Å². The zero-order valence-corrected chi connectivity index (χ0v) is 19.8. The van der Waals surface area contributed by atoms with Gasteiger partial charge in [0, 0.05) is 10.9 Å². The molecule has 9 nitrogen and oxygen atoms in total. The number of rotatable bonds is 5. The van der Waals surface area contributed by atoms with Crippen LogP contribution in [-0.2, 0) is 6.54 Å². The van der Waals surface area contributed by atoms with Crippen LogP contribution in [0, 0.1) is 11.3 Å². The summed E-state index contributed by atoms with van der Waals surface area (Å²) in [7, 11) is 0. The minimum atomic E-state index is -0.561. The Kier molecular flexibility index (Phi) is 5.47. The number of para-hydroxylation sites is 1. The van der Waals surface area contributed by atoms with E-state index in [0.717, 1.165) is 21.4 Å². The molecule has 2 aromatic heterocycles. The molecule has 9 heteroatoms. The van der Waals surface area contributed by atoms with Gasteiger partial charge in [-0.25, -0.2) is 4.98 Å². The Morgan fingerprint density at radius 1 is 0.895 bits per heavy atom. The van der Waals surface area contributed by atoms with Crippen LogP contribution in [-0.4, -0.2) is 37.4 Å². The third-order valence-corrected chi connectivity index (χ3v) is 6.34. The van der Waals surface area contributed by atoms with E-state index in [-0.39, 0.29) is 34.6 Å². The monoisotopic (exact) mass is 498 g/mol. The average molecular weight is 499 g/mol. The van der Waals surface area contributed by atoms with Crippen molar-refractivity contribution < 1.29 is 14.4 Å². The van der Waals surface area contributed by atoms with Crippen LogP contribution in [0.4, 0.5) is 5.82 Å². The summed E-state index contributed by atoms with van der Waals surface area (Å²) in [5.41, 5.74) is 2.26. The van der Waals surface area contributed by atoms with Gasteiger partial charge in [-0.3, -0.25) is 19.3 Å². The molecule has 0 saturated heterocycles. The SMILES string of the molecule is N#Cc1cnn(-c2ccc3ccccc3n2)c1NC(=O)c1ccc2c(c1)C(=O)N(Cc1ccccc1)C2=O. The van der Waals surface area contributed by atoms with Gasteiger partial charge >= 0.3 is 0 Å². The van der Waals surface area contributed by atoms with Crippen molar-refractivity contribution in [1.29, 1.82) is 5.26 Å². The third kappa shape index (κ3) is 3.86. The predicted octanol–water partition coefficient (Wildman–Crippen LogP) is 4.34. The fourth-order valence-electron chi connectivity index (χ4n) is 4.42. The van der Waals surface area contributed by atoms with Crippen molar-refractivity contribution in [2.75, 3.05) is 5.32 Å². The molecule has 0 spiro atoms. The lowest BCUT2D eigenvalue weighted by atomic mass is 10.1. The normalized spacial score (nSPS) is 12.4. The first-order valence-corrected chi connectivity index (χ1v) is 11.7. The van der Waals surface area contributed by atoms with Gasteiger partial charge in [-0.05, 0) is 42.0 Å². The van der Waals surface area contributed by atoms with Crippen LogP contribution in [0.15, 0.2) is 91.1 Å². The van der Waals surface area contributed by atoms with Crippen LogP contribution in [0.2, 0.25) is 0 Å². The van der Waals surface area contributed by atoms with Gasteiger partial charge in [-0.15, -0.1) is 0 Å². The first kappa shape index (κ1) is 22.8. The van der Waals surface area contributed by atoms with E-state index < -0.39 is 17.7 Å². The molecule has 182 valence electrons. The number of hydrogen-bond donors (Lipinski definition) is 1. The average Bonchev–Trinajstić information content (AvgIpc) is 3.47. The van der Waals surface area contributed by atoms with Crippen LogP contribution < -0.4 is 5.32 Å². The number of carbonyl (C=O) groups is 3. The quantitative estimate of drug-likeness (QED) is 0.360. The molecule has 0 bridgehead atoms. The third-order valence-electron chi connectivity index (χ3n) is 6.34. The van der Waals surface area contributed by atoms with E-state index in [4.69, 9.17) is 0 Å². The van der Waals surface area contributed by atoms with E-state index in [0.29, 0.717) is 5.82 Å². The lowest BCUT2D eigenvalue weighted by molar-refractivity contribution is 0.0642. The molecule has 1 aliphatic heterocycles. The Hall–Kier alpha value is -5.62. The largest absolute Gasteiger partial charge is 0.305 e. The first-order chi connectivity index (χ1) is 18.5. The molecule has 1 N–H and O–H groups in total. The van der Waals surface area contributed by atoms with E-state index in [9.17, 15) is 19.6 Å². The highest BCUT2D eigenvalue weighted by Crippen LogP contribution is 2.27. The second-order valence-corrected chi connectivity index (χ2v) is 8.69. The molecule has 3 amide bonds. The molecule has 0 radical (unpaired) electrons. The Balaban J connectivity index is 1.29. The number of carbonyl (C=O) groups excluding carboxylic acids is 3. The smallest absolute Gasteiger partial charge is 0.261 e. The van der Waals surface area contributed by atoms with Crippen molar-refractivity contribution in [1.82, 2.24) is 19.7 Å². The molecule has 0 aliphatic carbocycles. The summed E-state index contributed by atoms with van der Waals surface area (Å²) >= 11 is 0.